The first-order valence-corrected chi connectivity index (χ1v) is 14.5. The van der Waals surface area contributed by atoms with Crippen molar-refractivity contribution in [1.29, 1.82) is 0 Å². The van der Waals surface area contributed by atoms with Gasteiger partial charge in [-0.1, -0.05) is 97.1 Å². The van der Waals surface area contributed by atoms with Crippen molar-refractivity contribution in [2.45, 2.75) is 43.8 Å². The predicted octanol–water partition coefficient (Wildman–Crippen LogP) is 4.04. The van der Waals surface area contributed by atoms with E-state index in [0.717, 1.165) is 40.4 Å². The predicted molar refractivity (Wildman–Crippen MR) is 166 cm³/mol. The molecule has 7 heteroatoms. The third-order valence-corrected chi connectivity index (χ3v) is 8.40. The lowest BCUT2D eigenvalue weighted by Gasteiger charge is -2.35. The lowest BCUT2D eigenvalue weighted by molar-refractivity contribution is -0.147. The number of nitrogens with one attached hydrogen (secondary N) is 1. The molecular weight excluding hydrogens is 524 g/mol. The highest BCUT2D eigenvalue weighted by molar-refractivity contribution is 5.92. The molecule has 42 heavy (non-hydrogen) atoms. The second-order valence-corrected chi connectivity index (χ2v) is 11.1. The molecule has 1 unspecified atom stereocenters. The van der Waals surface area contributed by atoms with Crippen LogP contribution < -0.4 is 11.1 Å². The maximum atomic E-state index is 14.2. The molecule has 1 heterocycles. The second kappa shape index (κ2) is 13.0. The van der Waals surface area contributed by atoms with Crippen LogP contribution in [0.2, 0.25) is 0 Å². The van der Waals surface area contributed by atoms with Gasteiger partial charge in [-0.05, 0) is 46.0 Å². The zero-order valence-corrected chi connectivity index (χ0v) is 24.2. The van der Waals surface area contributed by atoms with E-state index < -0.39 is 18.0 Å². The average molecular weight is 563 g/mol. The van der Waals surface area contributed by atoms with Crippen LogP contribution >= 0.6 is 0 Å². The molecule has 0 saturated carbocycles. The number of nitrogens with two attached hydrogens (primary N) is 1. The lowest BCUT2D eigenvalue weighted by atomic mass is 9.92. The van der Waals surface area contributed by atoms with Crippen molar-refractivity contribution in [1.82, 2.24) is 15.1 Å². The van der Waals surface area contributed by atoms with Crippen LogP contribution in [0.3, 0.4) is 0 Å². The Morgan fingerprint density at radius 3 is 2.21 bits per heavy atom. The highest BCUT2D eigenvalue weighted by Crippen LogP contribution is 2.27. The van der Waals surface area contributed by atoms with Gasteiger partial charge < -0.3 is 20.9 Å². The largest absolute Gasteiger partial charge is 0.368 e. The van der Waals surface area contributed by atoms with Crippen molar-refractivity contribution in [3.05, 3.63) is 119 Å². The molecular formula is C35H38N4O3. The molecule has 0 bridgehead atoms. The number of hydrogen-bond donors (Lipinski definition) is 2. The maximum Gasteiger partial charge on any atom is 0.246 e. The zero-order chi connectivity index (χ0) is 29.6. The highest BCUT2D eigenvalue weighted by atomic mass is 16.2. The van der Waals surface area contributed by atoms with Gasteiger partial charge in [-0.25, -0.2) is 0 Å². The van der Waals surface area contributed by atoms with Crippen molar-refractivity contribution in [3.8, 4) is 0 Å². The highest BCUT2D eigenvalue weighted by Gasteiger charge is 2.35. The summed E-state index contributed by atoms with van der Waals surface area (Å²) in [5.74, 6) is -1.05. The normalized spacial score (nSPS) is 15.8. The molecule has 1 aliphatic heterocycles. The minimum atomic E-state index is -0.852. The quantitative estimate of drug-likeness (QED) is 0.305. The Morgan fingerprint density at radius 1 is 0.786 bits per heavy atom. The molecule has 0 aliphatic carbocycles. The van der Waals surface area contributed by atoms with Crippen LogP contribution in [0.4, 0.5) is 0 Å². The van der Waals surface area contributed by atoms with Gasteiger partial charge in [-0.15, -0.1) is 0 Å². The van der Waals surface area contributed by atoms with E-state index >= 15 is 0 Å². The fraction of sp³-hybridized carbons (Fsp3) is 0.286. The fourth-order valence-electron chi connectivity index (χ4n) is 5.90. The van der Waals surface area contributed by atoms with Crippen molar-refractivity contribution in [2.24, 2.45) is 5.73 Å². The van der Waals surface area contributed by atoms with Crippen LogP contribution in [0.5, 0.6) is 0 Å². The zero-order valence-electron chi connectivity index (χ0n) is 24.2. The molecule has 3 atom stereocenters. The van der Waals surface area contributed by atoms with Gasteiger partial charge in [0.25, 0.3) is 0 Å². The van der Waals surface area contributed by atoms with Crippen molar-refractivity contribution >= 4 is 28.5 Å². The molecule has 5 rings (SSSR count). The van der Waals surface area contributed by atoms with E-state index in [0.29, 0.717) is 12.8 Å². The van der Waals surface area contributed by atoms with Crippen molar-refractivity contribution < 1.29 is 14.4 Å². The molecule has 3 amide bonds. The molecule has 216 valence electrons. The summed E-state index contributed by atoms with van der Waals surface area (Å²) in [6.45, 7) is 0.792. The van der Waals surface area contributed by atoms with E-state index in [4.69, 9.17) is 5.73 Å². The van der Waals surface area contributed by atoms with Crippen LogP contribution in [0.15, 0.2) is 97.1 Å². The first-order valence-electron chi connectivity index (χ1n) is 14.5. The summed E-state index contributed by atoms with van der Waals surface area (Å²) in [5.41, 5.74) is 10.0. The molecule has 0 spiro atoms. The Kier molecular flexibility index (Phi) is 8.98. The number of carbonyl (C=O) groups is 3. The van der Waals surface area contributed by atoms with Gasteiger partial charge in [0.2, 0.25) is 17.7 Å². The fourth-order valence-corrected chi connectivity index (χ4v) is 5.90. The van der Waals surface area contributed by atoms with Gasteiger partial charge in [0.15, 0.2) is 0 Å². The summed E-state index contributed by atoms with van der Waals surface area (Å²) >= 11 is 0. The topological polar surface area (TPSA) is 95.7 Å². The Bertz CT molecular complexity index is 1570. The van der Waals surface area contributed by atoms with Gasteiger partial charge in [0.1, 0.15) is 12.1 Å². The van der Waals surface area contributed by atoms with Gasteiger partial charge >= 0.3 is 0 Å². The smallest absolute Gasteiger partial charge is 0.246 e. The van der Waals surface area contributed by atoms with E-state index in [1.807, 2.05) is 78.9 Å². The molecule has 0 radical (unpaired) electrons. The van der Waals surface area contributed by atoms with E-state index in [-0.39, 0.29) is 24.3 Å². The number of amides is 3. The number of hydrogen-bond acceptors (Lipinski definition) is 4. The summed E-state index contributed by atoms with van der Waals surface area (Å²) in [7, 11) is 3.29. The summed E-state index contributed by atoms with van der Waals surface area (Å²) < 4.78 is 0. The molecule has 4 aromatic carbocycles. The first kappa shape index (κ1) is 29.0. The standard InChI is InChI=1S/C35H38N4O3/c1-38(33(40)23-30-29-15-9-8-13-27(29)18-19-37-30)32(22-25-16-17-26-12-6-7-14-28(26)20-25)35(42)39(2)31(34(36)41)21-24-10-4-3-5-11-24/h3-17,20,30-32,37H,18-19,21-23H2,1-2H3,(H2,36,41)/t30?,31-,32-/m1/s1. The number of carbonyl (C=O) groups excluding carboxylic acids is 3. The van der Waals surface area contributed by atoms with E-state index in [9.17, 15) is 14.4 Å². The van der Waals surface area contributed by atoms with Crippen LogP contribution in [0, 0.1) is 0 Å². The van der Waals surface area contributed by atoms with E-state index in [2.05, 4.69) is 23.5 Å². The molecule has 1 aliphatic rings. The Hall–Kier alpha value is -4.49. The van der Waals surface area contributed by atoms with Gasteiger partial charge in [-0.3, -0.25) is 14.4 Å². The van der Waals surface area contributed by atoms with Crippen LogP contribution in [-0.4, -0.2) is 60.2 Å². The monoisotopic (exact) mass is 562 g/mol. The van der Waals surface area contributed by atoms with Crippen LogP contribution in [0.1, 0.15) is 34.7 Å². The Balaban J connectivity index is 1.42. The third-order valence-electron chi connectivity index (χ3n) is 8.40. The number of benzene rings is 4. The van der Waals surface area contributed by atoms with Gasteiger partial charge in [0.05, 0.1) is 0 Å². The molecule has 0 saturated heterocycles. The van der Waals surface area contributed by atoms with Gasteiger partial charge in [-0.2, -0.15) is 0 Å². The van der Waals surface area contributed by atoms with Gasteiger partial charge in [0, 0.05) is 39.4 Å². The summed E-state index contributed by atoms with van der Waals surface area (Å²) in [5, 5.41) is 5.64. The molecule has 7 nitrogen and oxygen atoms in total. The number of primary amides is 1. The minimum Gasteiger partial charge on any atom is -0.368 e. The van der Waals surface area contributed by atoms with E-state index in [1.165, 1.54) is 10.5 Å². The summed E-state index contributed by atoms with van der Waals surface area (Å²) in [6.07, 6.45) is 1.74. The maximum absolute atomic E-state index is 14.2. The average Bonchev–Trinajstić information content (AvgIpc) is 3.02. The molecule has 3 N–H and O–H groups in total. The molecule has 4 aromatic rings. The second-order valence-electron chi connectivity index (χ2n) is 11.1. The first-order chi connectivity index (χ1) is 20.3. The van der Waals surface area contributed by atoms with Crippen molar-refractivity contribution in [3.63, 3.8) is 0 Å². The van der Waals surface area contributed by atoms with Crippen molar-refractivity contribution in [2.75, 3.05) is 20.6 Å². The minimum absolute atomic E-state index is 0.129. The van der Waals surface area contributed by atoms with Crippen LogP contribution in [-0.2, 0) is 33.6 Å². The number of nitrogens with zero attached hydrogens (tertiary/aromatic N) is 2. The SMILES string of the molecule is CN(C(=O)CC1NCCc2ccccc21)[C@H](Cc1ccc2ccccc2c1)C(=O)N(C)[C@H](Cc1ccccc1)C(N)=O. The number of rotatable bonds is 10. The molecule has 0 aromatic heterocycles. The number of fused-ring (bicyclic) bond motifs is 2. The number of likely N-dealkylation sites (N-methyl/N-ethyl adjacent to an activating group) is 2. The summed E-state index contributed by atoms with van der Waals surface area (Å²) in [6, 6.07) is 30.0. The van der Waals surface area contributed by atoms with Crippen LogP contribution in [0.25, 0.3) is 10.8 Å². The van der Waals surface area contributed by atoms with E-state index in [1.54, 1.807) is 19.0 Å². The third kappa shape index (κ3) is 6.52. The Labute approximate surface area is 247 Å². The summed E-state index contributed by atoms with van der Waals surface area (Å²) in [4.78, 5) is 43.6. The Morgan fingerprint density at radius 2 is 1.45 bits per heavy atom. The molecule has 0 fully saturated rings. The lowest BCUT2D eigenvalue weighted by Crippen LogP contribution is -2.55.